The number of H-pyrrole nitrogens is 1. The molecule has 1 fully saturated rings. The van der Waals surface area contributed by atoms with E-state index in [1.807, 2.05) is 0 Å². The molecule has 0 amide bonds. The van der Waals surface area contributed by atoms with Crippen LogP contribution in [0, 0.1) is 25.1 Å². The molecule has 0 radical (unpaired) electrons. The monoisotopic (exact) mass is 557 g/mol. The lowest BCUT2D eigenvalue weighted by Gasteiger charge is -2.25. The van der Waals surface area contributed by atoms with Crippen molar-refractivity contribution in [3.8, 4) is 12.3 Å². The molecule has 198 valence electrons. The molecule has 37 heavy (non-hydrogen) atoms. The van der Waals surface area contributed by atoms with Crippen molar-refractivity contribution in [1.82, 2.24) is 19.1 Å². The fourth-order valence-electron chi connectivity index (χ4n) is 3.37. The molecule has 2 aromatic rings. The number of nitrogen functional groups attached to an aromatic ring is 1. The molecule has 4 rings (SSSR count). The first-order valence-electron chi connectivity index (χ1n) is 10.5. The van der Waals surface area contributed by atoms with E-state index < -0.39 is 73.1 Å². The van der Waals surface area contributed by atoms with Gasteiger partial charge < -0.3 is 20.1 Å². The topological polar surface area (TPSA) is 190 Å². The average molecular weight is 557 g/mol. The van der Waals surface area contributed by atoms with Gasteiger partial charge in [-0.1, -0.05) is 5.92 Å². The Kier molecular flexibility index (Phi) is 7.58. The maximum absolute atomic E-state index is 13.7. The highest BCUT2D eigenvalue weighted by Gasteiger charge is 2.39. The second kappa shape index (κ2) is 10.4. The van der Waals surface area contributed by atoms with Crippen LogP contribution in [0.15, 0.2) is 38.9 Å². The predicted molar refractivity (Wildman–Crippen MR) is 128 cm³/mol. The number of aromatic nitrogens is 4. The summed E-state index contributed by atoms with van der Waals surface area (Å²) in [7, 11) is -4.66. The summed E-state index contributed by atoms with van der Waals surface area (Å²) < 4.78 is 49.4. The lowest BCUT2D eigenvalue weighted by atomic mass is 10.1. The molecule has 1 saturated heterocycles. The number of hydrogen-bond donors (Lipinski definition) is 3. The van der Waals surface area contributed by atoms with Gasteiger partial charge in [0.05, 0.1) is 12.8 Å². The number of nitrogens with two attached hydrogens (primary N) is 1. The molecule has 0 spiro atoms. The summed E-state index contributed by atoms with van der Waals surface area (Å²) in [5.74, 6) is 1.09. The summed E-state index contributed by atoms with van der Waals surface area (Å²) >= 11 is 1.15. The van der Waals surface area contributed by atoms with Crippen LogP contribution in [0.4, 0.5) is 10.2 Å². The third kappa shape index (κ3) is 5.94. The average Bonchev–Trinajstić information content (AvgIpc) is 3.49. The van der Waals surface area contributed by atoms with E-state index in [1.54, 1.807) is 0 Å². The van der Waals surface area contributed by atoms with Crippen molar-refractivity contribution in [1.29, 1.82) is 0 Å². The molecule has 2 aliphatic rings. The smallest absolute Gasteiger partial charge is 0.381 e. The van der Waals surface area contributed by atoms with Crippen molar-refractivity contribution < 1.29 is 32.4 Å². The van der Waals surface area contributed by atoms with Crippen LogP contribution in [0.1, 0.15) is 18.0 Å². The minimum atomic E-state index is -4.66. The van der Waals surface area contributed by atoms with Gasteiger partial charge in [0, 0.05) is 17.5 Å². The number of aromatic amines is 1. The first-order chi connectivity index (χ1) is 17.4. The number of nitrogens with zero attached hydrogens (tertiary/aromatic N) is 3. The molecule has 0 aromatic carbocycles. The zero-order chi connectivity index (χ0) is 27.0. The van der Waals surface area contributed by atoms with Crippen molar-refractivity contribution in [2.75, 3.05) is 24.7 Å². The van der Waals surface area contributed by atoms with E-state index in [4.69, 9.17) is 30.7 Å². The Morgan fingerprint density at radius 1 is 1.41 bits per heavy atom. The Labute approximate surface area is 211 Å². The summed E-state index contributed by atoms with van der Waals surface area (Å²) in [4.78, 5) is 51.3. The third-order valence-electron chi connectivity index (χ3n) is 5.32. The van der Waals surface area contributed by atoms with Crippen molar-refractivity contribution in [2.45, 2.75) is 30.4 Å². The van der Waals surface area contributed by atoms with Gasteiger partial charge in [-0.05, 0) is 19.1 Å². The fraction of sp³-hybridized carbons (Fsp3) is 0.400. The highest BCUT2D eigenvalue weighted by Crippen LogP contribution is 2.46. The molecular weight excluding hydrogens is 536 g/mol. The number of nitrogens with one attached hydrogen (secondary N) is 1. The van der Waals surface area contributed by atoms with Gasteiger partial charge in [0.1, 0.15) is 18.3 Å². The van der Waals surface area contributed by atoms with Gasteiger partial charge in [0.2, 0.25) is 0 Å². The molecule has 0 bridgehead atoms. The van der Waals surface area contributed by atoms with Crippen LogP contribution in [-0.2, 0) is 23.1 Å². The van der Waals surface area contributed by atoms with Crippen molar-refractivity contribution >= 4 is 25.4 Å². The summed E-state index contributed by atoms with van der Waals surface area (Å²) in [6, 6.07) is 0. The van der Waals surface area contributed by atoms with Gasteiger partial charge in [0.25, 0.3) is 5.56 Å². The van der Waals surface area contributed by atoms with E-state index >= 15 is 0 Å². The Hall–Kier alpha value is -3.03. The van der Waals surface area contributed by atoms with E-state index in [-0.39, 0.29) is 11.3 Å². The second-order valence-electron chi connectivity index (χ2n) is 7.94. The second-order valence-corrected chi connectivity index (χ2v) is 10.6. The maximum atomic E-state index is 13.7. The Morgan fingerprint density at radius 2 is 2.16 bits per heavy atom. The van der Waals surface area contributed by atoms with E-state index in [1.165, 1.54) is 25.3 Å². The summed E-state index contributed by atoms with van der Waals surface area (Å²) in [6.07, 6.45) is 8.62. The zero-order valence-electron chi connectivity index (χ0n) is 19.1. The lowest BCUT2D eigenvalue weighted by molar-refractivity contribution is -0.0531. The van der Waals surface area contributed by atoms with Crippen LogP contribution in [0.2, 0.25) is 0 Å². The Morgan fingerprint density at radius 3 is 2.89 bits per heavy atom. The van der Waals surface area contributed by atoms with Crippen molar-refractivity contribution in [3.63, 3.8) is 0 Å². The Balaban J connectivity index is 1.33. The minimum Gasteiger partial charge on any atom is -0.381 e. The van der Waals surface area contributed by atoms with Crippen LogP contribution in [0.3, 0.4) is 0 Å². The van der Waals surface area contributed by atoms with E-state index in [0.717, 1.165) is 27.1 Å². The van der Waals surface area contributed by atoms with Gasteiger partial charge in [-0.25, -0.2) is 18.5 Å². The molecule has 4 N–H and O–H groups in total. The van der Waals surface area contributed by atoms with Crippen LogP contribution in [-0.4, -0.2) is 54.0 Å². The molecule has 1 unspecified atom stereocenters. The van der Waals surface area contributed by atoms with E-state index in [9.17, 15) is 28.2 Å². The maximum Gasteiger partial charge on any atom is 0.472 e. The highest BCUT2D eigenvalue weighted by molar-refractivity contribution is 8.00. The van der Waals surface area contributed by atoms with Crippen LogP contribution >= 0.6 is 19.6 Å². The number of terminal acetylenes is 1. The molecule has 14 nitrogen and oxygen atoms in total. The lowest BCUT2D eigenvalue weighted by Crippen LogP contribution is -2.37. The quantitative estimate of drug-likeness (QED) is 0.224. The first kappa shape index (κ1) is 27.0. The number of phosphoric acid groups is 1. The standard InChI is InChI=1S/C20H21FN5O9PS/c1-3-20(5-4-13(35-20)25-6-11(2)17(27)24-19(25)29)10-33-36(30,31)32-8-15-34-14(9-37-15)26-7-12(21)16(22)23-18(26)28/h1,4-7,13-15H,8-10H2,2H3,(H,30,31)(H2,22,23,28)(H,24,27,29)/t13-,14+,15-,20+/m1/s1. The molecule has 17 heteroatoms. The summed E-state index contributed by atoms with van der Waals surface area (Å²) in [6.45, 7) is 0.486. The normalized spacial score (nSPS) is 26.7. The van der Waals surface area contributed by atoms with Crippen molar-refractivity contribution in [2.24, 2.45) is 0 Å². The predicted octanol–water partition coefficient (Wildman–Crippen LogP) is 0.00192. The molecular formula is C20H21FN5O9PS. The molecule has 0 saturated carbocycles. The fourth-order valence-corrected chi connectivity index (χ4v) is 5.22. The molecule has 2 aromatic heterocycles. The van der Waals surface area contributed by atoms with Crippen molar-refractivity contribution in [3.05, 3.63) is 67.2 Å². The molecule has 4 heterocycles. The highest BCUT2D eigenvalue weighted by atomic mass is 32.2. The Bertz CT molecular complexity index is 1500. The van der Waals surface area contributed by atoms with Gasteiger partial charge in [0.15, 0.2) is 23.5 Å². The summed E-state index contributed by atoms with van der Waals surface area (Å²) in [5, 5.41) is 0. The number of rotatable bonds is 8. The van der Waals surface area contributed by atoms with Gasteiger partial charge in [-0.2, -0.15) is 4.98 Å². The number of aryl methyl sites for hydroxylation is 1. The number of ether oxygens (including phenoxy) is 2. The zero-order valence-corrected chi connectivity index (χ0v) is 20.8. The van der Waals surface area contributed by atoms with E-state index in [2.05, 4.69) is 15.9 Å². The number of hydrogen-bond acceptors (Lipinski definition) is 11. The number of phosphoric ester groups is 1. The van der Waals surface area contributed by atoms with Crippen LogP contribution in [0.5, 0.6) is 0 Å². The number of halogens is 1. The third-order valence-corrected chi connectivity index (χ3v) is 7.35. The van der Waals surface area contributed by atoms with Crippen LogP contribution in [0.25, 0.3) is 0 Å². The molecule has 2 aliphatic heterocycles. The minimum absolute atomic E-state index is 0.208. The molecule has 5 atom stereocenters. The SMILES string of the molecule is C#C[C@@]1(COP(=O)(O)OC[C@@H]2O[C@H](n3cc(F)c(N)nc3=O)CS2)C=C[C@H](n2cc(C)c(=O)[nH]c2=O)O1. The van der Waals surface area contributed by atoms with Gasteiger partial charge in [-0.15, -0.1) is 18.2 Å². The van der Waals surface area contributed by atoms with E-state index in [0.29, 0.717) is 0 Å². The van der Waals surface area contributed by atoms with Crippen LogP contribution < -0.4 is 22.7 Å². The molecule has 0 aliphatic carbocycles. The summed E-state index contributed by atoms with van der Waals surface area (Å²) in [5.41, 5.74) is 1.04. The number of anilines is 1. The van der Waals surface area contributed by atoms with Gasteiger partial charge >= 0.3 is 19.2 Å². The van der Waals surface area contributed by atoms with Gasteiger partial charge in [-0.3, -0.25) is 28.0 Å². The number of thioether (sulfide) groups is 1. The first-order valence-corrected chi connectivity index (χ1v) is 13.1. The largest absolute Gasteiger partial charge is 0.472 e.